The number of nitrogen functional groups attached to an aromatic ring is 1. The molecular weight excluding hydrogens is 204 g/mol. The molecule has 1 aromatic carbocycles. The van der Waals surface area contributed by atoms with Gasteiger partial charge in [0, 0.05) is 12.5 Å². The lowest BCUT2D eigenvalue weighted by molar-refractivity contribution is 0.417. The minimum atomic E-state index is 0.597. The summed E-state index contributed by atoms with van der Waals surface area (Å²) in [5.41, 5.74) is 8.20. The van der Waals surface area contributed by atoms with Gasteiger partial charge in [0.25, 0.3) is 0 Å². The summed E-state index contributed by atoms with van der Waals surface area (Å²) in [6.45, 7) is 3.71. The Labute approximate surface area is 94.1 Å². The topological polar surface area (TPSA) is 61.3 Å². The Balaban J connectivity index is 2.49. The molecule has 0 aliphatic heterocycles. The molecule has 0 radical (unpaired) electrons. The van der Waals surface area contributed by atoms with Gasteiger partial charge in [0.05, 0.1) is 12.8 Å². The van der Waals surface area contributed by atoms with Crippen molar-refractivity contribution in [1.29, 1.82) is 0 Å². The Bertz CT molecular complexity index is 518. The van der Waals surface area contributed by atoms with Gasteiger partial charge < -0.3 is 14.9 Å². The standard InChI is InChI=1S/C12H14N2O2/c1-7-12(14-8(2)16-7)9-4-5-11(15-3)10(13)6-9/h4-6H,13H2,1-3H3. The minimum Gasteiger partial charge on any atom is -0.495 e. The summed E-state index contributed by atoms with van der Waals surface area (Å²) in [6.07, 6.45) is 0. The molecule has 0 unspecified atom stereocenters. The van der Waals surface area contributed by atoms with Crippen molar-refractivity contribution in [3.63, 3.8) is 0 Å². The van der Waals surface area contributed by atoms with Crippen molar-refractivity contribution in [2.75, 3.05) is 12.8 Å². The lowest BCUT2D eigenvalue weighted by Gasteiger charge is -2.05. The van der Waals surface area contributed by atoms with Gasteiger partial charge in [-0.05, 0) is 25.1 Å². The molecule has 0 aliphatic carbocycles. The van der Waals surface area contributed by atoms with Crippen LogP contribution in [0.1, 0.15) is 11.7 Å². The van der Waals surface area contributed by atoms with E-state index >= 15 is 0 Å². The number of aryl methyl sites for hydroxylation is 2. The zero-order chi connectivity index (χ0) is 11.7. The van der Waals surface area contributed by atoms with Crippen LogP contribution in [-0.2, 0) is 0 Å². The predicted molar refractivity (Wildman–Crippen MR) is 62.4 cm³/mol. The highest BCUT2D eigenvalue weighted by Gasteiger charge is 2.10. The molecule has 84 valence electrons. The van der Waals surface area contributed by atoms with Crippen molar-refractivity contribution in [2.45, 2.75) is 13.8 Å². The molecule has 2 rings (SSSR count). The number of ether oxygens (including phenoxy) is 1. The smallest absolute Gasteiger partial charge is 0.191 e. The van der Waals surface area contributed by atoms with Crippen molar-refractivity contribution in [3.05, 3.63) is 29.9 Å². The predicted octanol–water partition coefficient (Wildman–Crippen LogP) is 2.55. The number of oxazole rings is 1. The summed E-state index contributed by atoms with van der Waals surface area (Å²) in [5.74, 6) is 2.12. The monoisotopic (exact) mass is 218 g/mol. The number of benzene rings is 1. The van der Waals surface area contributed by atoms with E-state index in [-0.39, 0.29) is 0 Å². The summed E-state index contributed by atoms with van der Waals surface area (Å²) in [6, 6.07) is 5.58. The maximum atomic E-state index is 5.84. The van der Waals surface area contributed by atoms with Gasteiger partial charge in [0.1, 0.15) is 17.2 Å². The van der Waals surface area contributed by atoms with Gasteiger partial charge in [0.15, 0.2) is 5.89 Å². The summed E-state index contributed by atoms with van der Waals surface area (Å²) in [4.78, 5) is 4.31. The number of hydrogen-bond acceptors (Lipinski definition) is 4. The molecule has 4 nitrogen and oxygen atoms in total. The molecule has 0 fully saturated rings. The average Bonchev–Trinajstić information content (AvgIpc) is 2.58. The molecular formula is C12H14N2O2. The highest BCUT2D eigenvalue weighted by Crippen LogP contribution is 2.29. The van der Waals surface area contributed by atoms with Crippen LogP contribution in [0.25, 0.3) is 11.3 Å². The van der Waals surface area contributed by atoms with E-state index in [4.69, 9.17) is 14.9 Å². The Morgan fingerprint density at radius 1 is 1.31 bits per heavy atom. The molecule has 1 heterocycles. The maximum absolute atomic E-state index is 5.84. The van der Waals surface area contributed by atoms with E-state index < -0.39 is 0 Å². The molecule has 0 bridgehead atoms. The molecule has 1 aromatic heterocycles. The molecule has 4 heteroatoms. The second-order valence-electron chi connectivity index (χ2n) is 3.59. The summed E-state index contributed by atoms with van der Waals surface area (Å²) < 4.78 is 10.5. The van der Waals surface area contributed by atoms with Gasteiger partial charge in [-0.15, -0.1) is 0 Å². The van der Waals surface area contributed by atoms with Crippen LogP contribution >= 0.6 is 0 Å². The van der Waals surface area contributed by atoms with Gasteiger partial charge >= 0.3 is 0 Å². The summed E-state index contributed by atoms with van der Waals surface area (Å²) >= 11 is 0. The van der Waals surface area contributed by atoms with Gasteiger partial charge in [-0.25, -0.2) is 4.98 Å². The van der Waals surface area contributed by atoms with Gasteiger partial charge in [-0.1, -0.05) is 0 Å². The number of nitrogens with zero attached hydrogens (tertiary/aromatic N) is 1. The zero-order valence-corrected chi connectivity index (χ0v) is 9.57. The van der Waals surface area contributed by atoms with Crippen molar-refractivity contribution in [1.82, 2.24) is 4.98 Å². The number of anilines is 1. The SMILES string of the molecule is COc1ccc(-c2nc(C)oc2C)cc1N. The third-order valence-electron chi connectivity index (χ3n) is 2.41. The Kier molecular flexibility index (Phi) is 2.56. The first-order valence-electron chi connectivity index (χ1n) is 4.99. The molecule has 0 saturated heterocycles. The highest BCUT2D eigenvalue weighted by atomic mass is 16.5. The molecule has 0 amide bonds. The van der Waals surface area contributed by atoms with E-state index in [1.54, 1.807) is 7.11 Å². The molecule has 2 aromatic rings. The van der Waals surface area contributed by atoms with Crippen molar-refractivity contribution in [3.8, 4) is 17.0 Å². The van der Waals surface area contributed by atoms with E-state index in [9.17, 15) is 0 Å². The molecule has 16 heavy (non-hydrogen) atoms. The highest BCUT2D eigenvalue weighted by molar-refractivity contribution is 5.69. The fourth-order valence-electron chi connectivity index (χ4n) is 1.68. The third kappa shape index (κ3) is 1.74. The first-order valence-corrected chi connectivity index (χ1v) is 4.99. The molecule has 0 spiro atoms. The Hall–Kier alpha value is -1.97. The second-order valence-corrected chi connectivity index (χ2v) is 3.59. The van der Waals surface area contributed by atoms with E-state index in [2.05, 4.69) is 4.98 Å². The lowest BCUT2D eigenvalue weighted by atomic mass is 10.1. The van der Waals surface area contributed by atoms with Crippen molar-refractivity contribution >= 4 is 5.69 Å². The van der Waals surface area contributed by atoms with Gasteiger partial charge in [-0.2, -0.15) is 0 Å². The first-order chi connectivity index (χ1) is 7.61. The van der Waals surface area contributed by atoms with Crippen LogP contribution in [0, 0.1) is 13.8 Å². The fraction of sp³-hybridized carbons (Fsp3) is 0.250. The molecule has 0 saturated carbocycles. The number of nitrogens with two attached hydrogens (primary N) is 1. The number of aromatic nitrogens is 1. The van der Waals surface area contributed by atoms with Crippen molar-refractivity contribution in [2.24, 2.45) is 0 Å². The van der Waals surface area contributed by atoms with Crippen LogP contribution in [0.4, 0.5) is 5.69 Å². The Morgan fingerprint density at radius 3 is 2.56 bits per heavy atom. The second kappa shape index (κ2) is 3.89. The number of rotatable bonds is 2. The van der Waals surface area contributed by atoms with Crippen molar-refractivity contribution < 1.29 is 9.15 Å². The van der Waals surface area contributed by atoms with Crippen LogP contribution in [0.15, 0.2) is 22.6 Å². The zero-order valence-electron chi connectivity index (χ0n) is 9.57. The largest absolute Gasteiger partial charge is 0.495 e. The van der Waals surface area contributed by atoms with Gasteiger partial charge in [-0.3, -0.25) is 0 Å². The number of methoxy groups -OCH3 is 1. The van der Waals surface area contributed by atoms with Gasteiger partial charge in [0.2, 0.25) is 0 Å². The summed E-state index contributed by atoms with van der Waals surface area (Å²) in [5, 5.41) is 0. The van der Waals surface area contributed by atoms with E-state index in [1.807, 2.05) is 32.0 Å². The lowest BCUT2D eigenvalue weighted by Crippen LogP contribution is -1.93. The third-order valence-corrected chi connectivity index (χ3v) is 2.41. The normalized spacial score (nSPS) is 10.4. The van der Waals surface area contributed by atoms with Crippen LogP contribution in [0.2, 0.25) is 0 Å². The number of hydrogen-bond donors (Lipinski definition) is 1. The van der Waals surface area contributed by atoms with E-state index in [1.165, 1.54) is 0 Å². The van der Waals surface area contributed by atoms with Crippen LogP contribution in [-0.4, -0.2) is 12.1 Å². The van der Waals surface area contributed by atoms with Crippen LogP contribution < -0.4 is 10.5 Å². The molecule has 0 aliphatic rings. The van der Waals surface area contributed by atoms with E-state index in [0.717, 1.165) is 17.0 Å². The Morgan fingerprint density at radius 2 is 2.06 bits per heavy atom. The average molecular weight is 218 g/mol. The minimum absolute atomic E-state index is 0.597. The maximum Gasteiger partial charge on any atom is 0.191 e. The first kappa shape index (κ1) is 10.5. The molecule has 2 N–H and O–H groups in total. The van der Waals surface area contributed by atoms with Crippen LogP contribution in [0.5, 0.6) is 5.75 Å². The van der Waals surface area contributed by atoms with Crippen LogP contribution in [0.3, 0.4) is 0 Å². The fourth-order valence-corrected chi connectivity index (χ4v) is 1.68. The molecule has 0 atom stereocenters. The van der Waals surface area contributed by atoms with E-state index in [0.29, 0.717) is 17.3 Å². The summed E-state index contributed by atoms with van der Waals surface area (Å²) in [7, 11) is 1.59. The quantitative estimate of drug-likeness (QED) is 0.787.